The van der Waals surface area contributed by atoms with Gasteiger partial charge in [0, 0.05) is 6.20 Å². The SMILES string of the molecule is Brc1cncnc1CC1CCCC1. The average Bonchev–Trinajstić information content (AvgIpc) is 2.61. The third kappa shape index (κ3) is 2.27. The van der Waals surface area contributed by atoms with Crippen LogP contribution in [0.4, 0.5) is 0 Å². The zero-order valence-corrected chi connectivity index (χ0v) is 9.13. The van der Waals surface area contributed by atoms with E-state index in [1.165, 1.54) is 31.4 Å². The first-order valence-corrected chi connectivity index (χ1v) is 5.60. The van der Waals surface area contributed by atoms with Gasteiger partial charge in [0.25, 0.3) is 0 Å². The first-order valence-electron chi connectivity index (χ1n) is 4.80. The Morgan fingerprint density at radius 3 is 2.85 bits per heavy atom. The van der Waals surface area contributed by atoms with Gasteiger partial charge in [-0.1, -0.05) is 25.7 Å². The summed E-state index contributed by atoms with van der Waals surface area (Å²) in [6, 6.07) is 0. The molecule has 70 valence electrons. The zero-order valence-electron chi connectivity index (χ0n) is 7.54. The third-order valence-electron chi connectivity index (χ3n) is 2.70. The maximum Gasteiger partial charge on any atom is 0.115 e. The standard InChI is InChI=1S/C10H13BrN2/c11-9-6-12-7-13-10(9)5-8-3-1-2-4-8/h6-8H,1-5H2. The second-order valence-electron chi connectivity index (χ2n) is 3.67. The van der Waals surface area contributed by atoms with Crippen LogP contribution in [-0.2, 0) is 6.42 Å². The largest absolute Gasteiger partial charge is 0.244 e. The highest BCUT2D eigenvalue weighted by Crippen LogP contribution is 2.29. The lowest BCUT2D eigenvalue weighted by atomic mass is 10.0. The molecule has 0 spiro atoms. The second kappa shape index (κ2) is 4.18. The maximum absolute atomic E-state index is 4.28. The summed E-state index contributed by atoms with van der Waals surface area (Å²) in [5, 5.41) is 0. The minimum atomic E-state index is 0.853. The van der Waals surface area contributed by atoms with Crippen molar-refractivity contribution in [1.29, 1.82) is 0 Å². The fourth-order valence-electron chi connectivity index (χ4n) is 1.98. The van der Waals surface area contributed by atoms with Crippen LogP contribution in [0, 0.1) is 5.92 Å². The lowest BCUT2D eigenvalue weighted by Crippen LogP contribution is -2.02. The van der Waals surface area contributed by atoms with Crippen molar-refractivity contribution in [2.75, 3.05) is 0 Å². The van der Waals surface area contributed by atoms with E-state index in [0.717, 1.165) is 16.8 Å². The number of nitrogens with zero attached hydrogens (tertiary/aromatic N) is 2. The van der Waals surface area contributed by atoms with Crippen molar-refractivity contribution in [2.45, 2.75) is 32.1 Å². The molecule has 0 aliphatic heterocycles. The van der Waals surface area contributed by atoms with Gasteiger partial charge in [-0.2, -0.15) is 0 Å². The predicted molar refractivity (Wildman–Crippen MR) is 55.4 cm³/mol. The maximum atomic E-state index is 4.28. The quantitative estimate of drug-likeness (QED) is 0.795. The lowest BCUT2D eigenvalue weighted by Gasteiger charge is -2.08. The molecule has 0 amide bonds. The fraction of sp³-hybridized carbons (Fsp3) is 0.600. The van der Waals surface area contributed by atoms with E-state index in [2.05, 4.69) is 25.9 Å². The van der Waals surface area contributed by atoms with E-state index in [-0.39, 0.29) is 0 Å². The number of aromatic nitrogens is 2. The summed E-state index contributed by atoms with van der Waals surface area (Å²) in [7, 11) is 0. The van der Waals surface area contributed by atoms with Gasteiger partial charge in [0.05, 0.1) is 10.2 Å². The van der Waals surface area contributed by atoms with Gasteiger partial charge in [0.1, 0.15) is 6.33 Å². The zero-order chi connectivity index (χ0) is 9.10. The van der Waals surface area contributed by atoms with Crippen molar-refractivity contribution < 1.29 is 0 Å². The second-order valence-corrected chi connectivity index (χ2v) is 4.53. The smallest absolute Gasteiger partial charge is 0.115 e. The van der Waals surface area contributed by atoms with Crippen molar-refractivity contribution >= 4 is 15.9 Å². The van der Waals surface area contributed by atoms with Crippen molar-refractivity contribution in [1.82, 2.24) is 9.97 Å². The molecule has 0 radical (unpaired) electrons. The number of rotatable bonds is 2. The van der Waals surface area contributed by atoms with E-state index in [4.69, 9.17) is 0 Å². The van der Waals surface area contributed by atoms with Crippen molar-refractivity contribution in [2.24, 2.45) is 5.92 Å². The molecule has 2 nitrogen and oxygen atoms in total. The van der Waals surface area contributed by atoms with Crippen LogP contribution in [0.1, 0.15) is 31.4 Å². The molecule has 2 rings (SSSR count). The molecule has 0 unspecified atom stereocenters. The van der Waals surface area contributed by atoms with Crippen molar-refractivity contribution in [3.05, 3.63) is 22.7 Å². The monoisotopic (exact) mass is 240 g/mol. The topological polar surface area (TPSA) is 25.8 Å². The highest BCUT2D eigenvalue weighted by Gasteiger charge is 2.16. The summed E-state index contributed by atoms with van der Waals surface area (Å²) in [6.45, 7) is 0. The van der Waals surface area contributed by atoms with E-state index in [9.17, 15) is 0 Å². The molecule has 0 aromatic carbocycles. The molecule has 3 heteroatoms. The summed E-state index contributed by atoms with van der Waals surface area (Å²) in [5.74, 6) is 0.853. The summed E-state index contributed by atoms with van der Waals surface area (Å²) < 4.78 is 1.06. The molecule has 0 atom stereocenters. The van der Waals surface area contributed by atoms with Gasteiger partial charge in [-0.3, -0.25) is 0 Å². The minimum absolute atomic E-state index is 0.853. The van der Waals surface area contributed by atoms with E-state index in [1.54, 1.807) is 6.33 Å². The highest BCUT2D eigenvalue weighted by atomic mass is 79.9. The summed E-state index contributed by atoms with van der Waals surface area (Å²) in [6.07, 6.45) is 10.1. The Morgan fingerprint density at radius 2 is 2.15 bits per heavy atom. The molecule has 1 aromatic rings. The first-order chi connectivity index (χ1) is 6.36. The number of halogens is 1. The van der Waals surface area contributed by atoms with E-state index < -0.39 is 0 Å². The van der Waals surface area contributed by atoms with Crippen molar-refractivity contribution in [3.8, 4) is 0 Å². The summed E-state index contributed by atoms with van der Waals surface area (Å²) in [5.41, 5.74) is 1.17. The number of hydrogen-bond donors (Lipinski definition) is 0. The summed E-state index contributed by atoms with van der Waals surface area (Å²) in [4.78, 5) is 8.25. The fourth-order valence-corrected chi connectivity index (χ4v) is 2.36. The third-order valence-corrected chi connectivity index (χ3v) is 3.36. The predicted octanol–water partition coefficient (Wildman–Crippen LogP) is 2.97. The van der Waals surface area contributed by atoms with Gasteiger partial charge in [-0.05, 0) is 28.3 Å². The van der Waals surface area contributed by atoms with Gasteiger partial charge in [-0.15, -0.1) is 0 Å². The van der Waals surface area contributed by atoms with Crippen LogP contribution in [0.15, 0.2) is 17.0 Å². The molecule has 1 aliphatic carbocycles. The van der Waals surface area contributed by atoms with Gasteiger partial charge >= 0.3 is 0 Å². The molecule has 0 N–H and O–H groups in total. The Labute approximate surface area is 86.9 Å². The molecule has 0 bridgehead atoms. The van der Waals surface area contributed by atoms with E-state index in [0.29, 0.717) is 0 Å². The van der Waals surface area contributed by atoms with E-state index >= 15 is 0 Å². The lowest BCUT2D eigenvalue weighted by molar-refractivity contribution is 0.537. The van der Waals surface area contributed by atoms with Crippen LogP contribution in [0.25, 0.3) is 0 Å². The van der Waals surface area contributed by atoms with Crippen LogP contribution in [0.5, 0.6) is 0 Å². The van der Waals surface area contributed by atoms with E-state index in [1.807, 2.05) is 6.20 Å². The molecular formula is C10H13BrN2. The van der Waals surface area contributed by atoms with Crippen LogP contribution in [0.3, 0.4) is 0 Å². The van der Waals surface area contributed by atoms with Gasteiger partial charge < -0.3 is 0 Å². The summed E-state index contributed by atoms with van der Waals surface area (Å²) >= 11 is 3.48. The Kier molecular flexibility index (Phi) is 2.94. The number of hydrogen-bond acceptors (Lipinski definition) is 2. The van der Waals surface area contributed by atoms with Crippen LogP contribution >= 0.6 is 15.9 Å². The van der Waals surface area contributed by atoms with Gasteiger partial charge in [0.2, 0.25) is 0 Å². The Bertz CT molecular complexity index is 282. The molecule has 13 heavy (non-hydrogen) atoms. The Morgan fingerprint density at radius 1 is 1.38 bits per heavy atom. The molecule has 1 aliphatic rings. The van der Waals surface area contributed by atoms with Crippen LogP contribution in [0.2, 0.25) is 0 Å². The normalized spacial score (nSPS) is 17.9. The molecule has 0 saturated heterocycles. The van der Waals surface area contributed by atoms with Crippen LogP contribution < -0.4 is 0 Å². The molecule has 1 fully saturated rings. The van der Waals surface area contributed by atoms with Gasteiger partial charge in [-0.25, -0.2) is 9.97 Å². The molecule has 1 aromatic heterocycles. The Hall–Kier alpha value is -0.440. The van der Waals surface area contributed by atoms with Crippen molar-refractivity contribution in [3.63, 3.8) is 0 Å². The minimum Gasteiger partial charge on any atom is -0.244 e. The molecular weight excluding hydrogens is 228 g/mol. The van der Waals surface area contributed by atoms with Crippen LogP contribution in [-0.4, -0.2) is 9.97 Å². The highest BCUT2D eigenvalue weighted by molar-refractivity contribution is 9.10. The van der Waals surface area contributed by atoms with Gasteiger partial charge in [0.15, 0.2) is 0 Å². The average molecular weight is 241 g/mol. The molecule has 1 saturated carbocycles. The Balaban J connectivity index is 2.04. The first kappa shape index (κ1) is 9.13. The molecule has 1 heterocycles.